The van der Waals surface area contributed by atoms with E-state index in [9.17, 15) is 4.79 Å². The minimum Gasteiger partial charge on any atom is -0.453 e. The van der Waals surface area contributed by atoms with Crippen LogP contribution in [0.1, 0.15) is 0 Å². The van der Waals surface area contributed by atoms with Gasteiger partial charge in [-0.1, -0.05) is 0 Å². The Labute approximate surface area is 129 Å². The van der Waals surface area contributed by atoms with Crippen molar-refractivity contribution in [2.24, 2.45) is 0 Å². The van der Waals surface area contributed by atoms with Crippen LogP contribution in [0.3, 0.4) is 0 Å². The maximum atomic E-state index is 11.4. The number of ether oxygens (including phenoxy) is 1. The fourth-order valence-electron chi connectivity index (χ4n) is 1.26. The van der Waals surface area contributed by atoms with Gasteiger partial charge in [-0.2, -0.15) is 0 Å². The van der Waals surface area contributed by atoms with Crippen molar-refractivity contribution in [1.82, 2.24) is 19.5 Å². The van der Waals surface area contributed by atoms with Gasteiger partial charge in [-0.05, 0) is 0 Å². The summed E-state index contributed by atoms with van der Waals surface area (Å²) in [6.07, 6.45) is 1.41. The molecule has 2 heterocycles. The van der Waals surface area contributed by atoms with E-state index in [-0.39, 0.29) is 71.9 Å². The van der Waals surface area contributed by atoms with Crippen LogP contribution in [-0.2, 0) is 11.5 Å². The van der Waals surface area contributed by atoms with Crippen molar-refractivity contribution < 1.29 is 50.4 Å². The molecule has 0 bridgehead atoms. The molecular formula is C8H14N5NaO5. The standard InChI is InChI=1S/C8H11N5O3.Na.2H2O/c9-8-11-6-5(7(15)12-8)10-3-13(6)4-16-2-1-14;;;/h3,14H,1-2,4H2,(H3,9,11,12,15);;2*1H2/q;+1;;/p-1. The number of nitrogen functional groups attached to an aromatic ring is 1. The number of hydrogen-bond acceptors (Lipinski definition) is 6. The van der Waals surface area contributed by atoms with Crippen LogP contribution in [0.2, 0.25) is 0 Å². The summed E-state index contributed by atoms with van der Waals surface area (Å²) in [7, 11) is 0. The quantitative estimate of drug-likeness (QED) is 0.413. The number of aliphatic hydroxyl groups is 1. The first-order valence-electron chi connectivity index (χ1n) is 4.56. The van der Waals surface area contributed by atoms with Gasteiger partial charge in [-0.15, -0.1) is 0 Å². The van der Waals surface area contributed by atoms with Gasteiger partial charge in [0.25, 0.3) is 0 Å². The van der Waals surface area contributed by atoms with Crippen molar-refractivity contribution >= 4 is 17.1 Å². The molecule has 0 fully saturated rings. The number of anilines is 1. The second kappa shape index (κ2) is 8.98. The Kier molecular flexibility index (Phi) is 9.60. The molecule has 0 radical (unpaired) electrons. The first-order chi connectivity index (χ1) is 7.72. The Balaban J connectivity index is 0. The minimum absolute atomic E-state index is 0. The third-order valence-corrected chi connectivity index (χ3v) is 1.92. The molecule has 0 aliphatic rings. The van der Waals surface area contributed by atoms with Gasteiger partial charge in [0, 0.05) is 5.95 Å². The zero-order valence-corrected chi connectivity index (χ0v) is 12.3. The molecule has 0 saturated carbocycles. The molecule has 0 aromatic carbocycles. The largest absolute Gasteiger partial charge is 1.00 e. The van der Waals surface area contributed by atoms with Gasteiger partial charge in [0.15, 0.2) is 0 Å². The number of fused-ring (bicyclic) bond motifs is 1. The Hall–Kier alpha value is -1.01. The van der Waals surface area contributed by atoms with Gasteiger partial charge < -0.3 is 41.1 Å². The Morgan fingerprint density at radius 1 is 1.47 bits per heavy atom. The maximum absolute atomic E-state index is 11.4. The molecule has 11 heteroatoms. The molecule has 102 valence electrons. The molecule has 19 heavy (non-hydrogen) atoms. The molecule has 0 spiro atoms. The van der Waals surface area contributed by atoms with E-state index in [0.717, 1.165) is 0 Å². The number of rotatable bonds is 4. The number of hydrogen-bond donors (Lipinski definition) is 2. The first-order valence-corrected chi connectivity index (χ1v) is 4.56. The van der Waals surface area contributed by atoms with Gasteiger partial charge in [0.2, 0.25) is 5.56 Å². The molecule has 0 aliphatic heterocycles. The summed E-state index contributed by atoms with van der Waals surface area (Å²) < 4.78 is 6.60. The van der Waals surface area contributed by atoms with Crippen molar-refractivity contribution in [3.63, 3.8) is 0 Å². The molecule has 7 N–H and O–H groups in total. The maximum Gasteiger partial charge on any atom is 1.00 e. The molecule has 0 aliphatic carbocycles. The summed E-state index contributed by atoms with van der Waals surface area (Å²) in [6, 6.07) is 0. The van der Waals surface area contributed by atoms with Gasteiger partial charge in [0.1, 0.15) is 12.2 Å². The van der Waals surface area contributed by atoms with Crippen molar-refractivity contribution in [2.75, 3.05) is 18.9 Å². The van der Waals surface area contributed by atoms with Crippen LogP contribution in [0, 0.1) is 0 Å². The minimum atomic E-state index is -0.511. The zero-order chi connectivity index (χ0) is 11.5. The molecule has 0 atom stereocenters. The van der Waals surface area contributed by atoms with Crippen molar-refractivity contribution in [3.8, 4) is 0 Å². The second-order valence-electron chi connectivity index (χ2n) is 3.03. The number of aromatic nitrogens is 4. The SMILES string of the molecule is Nc1nc2c(ncn2COCCO)c(=O)[n-]1.O.O.[Na+]. The number of aliphatic hydroxyl groups excluding tert-OH is 1. The fraction of sp³-hybridized carbons (Fsp3) is 0.375. The van der Waals surface area contributed by atoms with Crippen LogP contribution in [-0.4, -0.2) is 43.8 Å². The third kappa shape index (κ3) is 4.54. The van der Waals surface area contributed by atoms with Gasteiger partial charge >= 0.3 is 29.6 Å². The van der Waals surface area contributed by atoms with Crippen molar-refractivity contribution in [1.29, 1.82) is 0 Å². The summed E-state index contributed by atoms with van der Waals surface area (Å²) in [5.41, 5.74) is 5.34. The molecule has 2 rings (SSSR count). The summed E-state index contributed by atoms with van der Waals surface area (Å²) in [6.45, 7) is 0.272. The van der Waals surface area contributed by atoms with Gasteiger partial charge in [-0.25, -0.2) is 4.98 Å². The number of nitrogens with two attached hydrogens (primary N) is 1. The van der Waals surface area contributed by atoms with Crippen LogP contribution < -0.4 is 45.8 Å². The Bertz CT molecular complexity index is 556. The van der Waals surface area contributed by atoms with E-state index in [1.807, 2.05) is 0 Å². The van der Waals surface area contributed by atoms with Crippen LogP contribution in [0.4, 0.5) is 5.95 Å². The Morgan fingerprint density at radius 3 is 2.79 bits per heavy atom. The smallest absolute Gasteiger partial charge is 0.453 e. The molecular weight excluding hydrogens is 269 g/mol. The van der Waals surface area contributed by atoms with Gasteiger partial charge in [-0.3, -0.25) is 4.79 Å². The van der Waals surface area contributed by atoms with E-state index in [4.69, 9.17) is 15.6 Å². The average molecular weight is 283 g/mol. The summed E-state index contributed by atoms with van der Waals surface area (Å²) >= 11 is 0. The number of imidazole rings is 1. The molecule has 2 aromatic rings. The topological polar surface area (TPSA) is 180 Å². The monoisotopic (exact) mass is 283 g/mol. The Morgan fingerprint density at radius 2 is 2.16 bits per heavy atom. The van der Waals surface area contributed by atoms with E-state index < -0.39 is 5.56 Å². The molecule has 10 nitrogen and oxygen atoms in total. The van der Waals surface area contributed by atoms with Crippen molar-refractivity contribution in [3.05, 3.63) is 16.7 Å². The third-order valence-electron chi connectivity index (χ3n) is 1.92. The predicted octanol–water partition coefficient (Wildman–Crippen LogP) is -6.35. The van der Waals surface area contributed by atoms with Crippen molar-refractivity contribution in [2.45, 2.75) is 6.73 Å². The van der Waals surface area contributed by atoms with Crippen LogP contribution >= 0.6 is 0 Å². The fourth-order valence-corrected chi connectivity index (χ4v) is 1.26. The summed E-state index contributed by atoms with van der Waals surface area (Å²) in [4.78, 5) is 22.6. The summed E-state index contributed by atoms with van der Waals surface area (Å²) in [5, 5.41) is 8.55. The van der Waals surface area contributed by atoms with E-state index >= 15 is 0 Å². The molecule has 2 aromatic heterocycles. The predicted molar refractivity (Wildman–Crippen MR) is 61.8 cm³/mol. The van der Waals surface area contributed by atoms with Crippen LogP contribution in [0.25, 0.3) is 11.2 Å². The normalized spacial score (nSPS) is 9.32. The molecule has 0 amide bonds. The summed E-state index contributed by atoms with van der Waals surface area (Å²) in [5.74, 6) is -0.0959. The van der Waals surface area contributed by atoms with Gasteiger partial charge in [0.05, 0.1) is 25.2 Å². The molecule has 0 saturated heterocycles. The first kappa shape index (κ1) is 20.3. The average Bonchev–Trinajstić information content (AvgIpc) is 2.62. The van der Waals surface area contributed by atoms with Crippen LogP contribution in [0.15, 0.2) is 11.1 Å². The van der Waals surface area contributed by atoms with E-state index in [1.165, 1.54) is 10.9 Å². The molecule has 0 unspecified atom stereocenters. The van der Waals surface area contributed by atoms with E-state index in [1.54, 1.807) is 0 Å². The number of nitrogens with zero attached hydrogens (tertiary/aromatic N) is 4. The van der Waals surface area contributed by atoms with E-state index in [2.05, 4.69) is 15.0 Å². The zero-order valence-electron chi connectivity index (χ0n) is 10.3. The second-order valence-corrected chi connectivity index (χ2v) is 3.03. The van der Waals surface area contributed by atoms with E-state index in [0.29, 0.717) is 5.65 Å². The van der Waals surface area contributed by atoms with Crippen LogP contribution in [0.5, 0.6) is 0 Å².